The second kappa shape index (κ2) is 8.77. The Bertz CT molecular complexity index is 1510. The summed E-state index contributed by atoms with van der Waals surface area (Å²) in [6.45, 7) is 4.78. The van der Waals surface area contributed by atoms with Gasteiger partial charge in [-0.1, -0.05) is 35.4 Å². The minimum Gasteiger partial charge on any atom is -0.366 e. The second-order valence-electron chi connectivity index (χ2n) is 8.58. The van der Waals surface area contributed by atoms with Crippen molar-refractivity contribution in [3.63, 3.8) is 0 Å². The molecular formula is C28H24N6O. The van der Waals surface area contributed by atoms with Gasteiger partial charge in [0.25, 0.3) is 0 Å². The minimum atomic E-state index is 0.314. The lowest BCUT2D eigenvalue weighted by molar-refractivity contribution is 0.0953. The Kier molecular flexibility index (Phi) is 5.31. The summed E-state index contributed by atoms with van der Waals surface area (Å²) in [5, 5.41) is 0. The van der Waals surface area contributed by atoms with E-state index >= 15 is 0 Å². The summed E-state index contributed by atoms with van der Waals surface area (Å²) in [6, 6.07) is 24.4. The van der Waals surface area contributed by atoms with Crippen LogP contribution in [0, 0.1) is 13.8 Å². The monoisotopic (exact) mass is 460 g/mol. The average molecular weight is 461 g/mol. The number of ether oxygens (including phenoxy) is 1. The molecule has 0 aliphatic carbocycles. The van der Waals surface area contributed by atoms with Crippen LogP contribution in [0.2, 0.25) is 0 Å². The summed E-state index contributed by atoms with van der Waals surface area (Å²) >= 11 is 0. The quantitative estimate of drug-likeness (QED) is 0.329. The van der Waals surface area contributed by atoms with Gasteiger partial charge in [-0.25, -0.2) is 19.9 Å². The van der Waals surface area contributed by atoms with Crippen LogP contribution in [-0.4, -0.2) is 29.1 Å². The Morgan fingerprint density at radius 1 is 0.600 bits per heavy atom. The van der Waals surface area contributed by atoms with Crippen molar-refractivity contribution in [3.8, 4) is 11.4 Å². The molecule has 0 N–H and O–H groups in total. The lowest BCUT2D eigenvalue weighted by atomic mass is 10.2. The maximum absolute atomic E-state index is 6.21. The maximum Gasteiger partial charge on any atom is 0.164 e. The van der Waals surface area contributed by atoms with E-state index in [0.29, 0.717) is 13.2 Å². The highest BCUT2D eigenvalue weighted by molar-refractivity contribution is 5.74. The third kappa shape index (κ3) is 3.96. The van der Waals surface area contributed by atoms with Crippen LogP contribution in [0.5, 0.6) is 0 Å². The summed E-state index contributed by atoms with van der Waals surface area (Å²) in [6.07, 6.45) is 3.58. The van der Waals surface area contributed by atoms with Crippen LogP contribution in [-0.2, 0) is 18.0 Å². The van der Waals surface area contributed by atoms with Crippen LogP contribution < -0.4 is 0 Å². The van der Waals surface area contributed by atoms with E-state index in [1.807, 2.05) is 24.3 Å². The van der Waals surface area contributed by atoms with Gasteiger partial charge in [0.05, 0.1) is 0 Å². The molecule has 35 heavy (non-hydrogen) atoms. The molecule has 7 nitrogen and oxygen atoms in total. The molecular weight excluding hydrogens is 436 g/mol. The van der Waals surface area contributed by atoms with Crippen molar-refractivity contribution in [3.05, 3.63) is 108 Å². The predicted octanol–water partition coefficient (Wildman–Crippen LogP) is 5.49. The zero-order valence-corrected chi connectivity index (χ0v) is 19.6. The topological polar surface area (TPSA) is 70.7 Å². The number of nitrogens with zero attached hydrogens (tertiary/aromatic N) is 6. The SMILES string of the molecule is Cc1ccc(-n2c(COCc3nc4cccnc4n3-c3ccc(C)cc3)nc3cccnc32)cc1. The molecule has 0 aliphatic rings. The van der Waals surface area contributed by atoms with E-state index in [0.717, 1.165) is 45.4 Å². The van der Waals surface area contributed by atoms with Crippen LogP contribution in [0.15, 0.2) is 85.2 Å². The molecule has 0 saturated carbocycles. The number of rotatable bonds is 6. The van der Waals surface area contributed by atoms with Crippen LogP contribution in [0.1, 0.15) is 22.8 Å². The molecule has 0 aliphatic heterocycles. The number of fused-ring (bicyclic) bond motifs is 2. The van der Waals surface area contributed by atoms with E-state index in [4.69, 9.17) is 14.7 Å². The molecule has 6 rings (SSSR count). The zero-order chi connectivity index (χ0) is 23.8. The van der Waals surface area contributed by atoms with Crippen molar-refractivity contribution in [2.45, 2.75) is 27.1 Å². The zero-order valence-electron chi connectivity index (χ0n) is 19.6. The van der Waals surface area contributed by atoms with Gasteiger partial charge >= 0.3 is 0 Å². The van der Waals surface area contributed by atoms with E-state index in [-0.39, 0.29) is 0 Å². The van der Waals surface area contributed by atoms with Gasteiger partial charge in [0.15, 0.2) is 11.3 Å². The van der Waals surface area contributed by atoms with Gasteiger partial charge in [-0.2, -0.15) is 0 Å². The van der Waals surface area contributed by atoms with Crippen molar-refractivity contribution in [2.75, 3.05) is 0 Å². The van der Waals surface area contributed by atoms with E-state index < -0.39 is 0 Å². The maximum atomic E-state index is 6.21. The Labute approximate surface area is 202 Å². The largest absolute Gasteiger partial charge is 0.366 e. The number of pyridine rings is 2. The minimum absolute atomic E-state index is 0.314. The number of hydrogen-bond acceptors (Lipinski definition) is 5. The van der Waals surface area contributed by atoms with Crippen LogP contribution in [0.4, 0.5) is 0 Å². The molecule has 0 fully saturated rings. The first-order valence-electron chi connectivity index (χ1n) is 11.5. The van der Waals surface area contributed by atoms with E-state index in [9.17, 15) is 0 Å². The normalized spacial score (nSPS) is 11.5. The van der Waals surface area contributed by atoms with Gasteiger partial charge in [0, 0.05) is 23.8 Å². The summed E-state index contributed by atoms with van der Waals surface area (Å²) in [5.41, 5.74) is 7.71. The summed E-state index contributed by atoms with van der Waals surface area (Å²) in [4.78, 5) is 18.8. The lowest BCUT2D eigenvalue weighted by Gasteiger charge is -2.11. The average Bonchev–Trinajstić information content (AvgIpc) is 3.43. The molecule has 0 spiro atoms. The van der Waals surface area contributed by atoms with Gasteiger partial charge in [-0.05, 0) is 62.4 Å². The predicted molar refractivity (Wildman–Crippen MR) is 136 cm³/mol. The van der Waals surface area contributed by atoms with Crippen molar-refractivity contribution < 1.29 is 4.74 Å². The second-order valence-corrected chi connectivity index (χ2v) is 8.58. The molecule has 4 heterocycles. The first-order chi connectivity index (χ1) is 17.2. The smallest absolute Gasteiger partial charge is 0.164 e. The first-order valence-corrected chi connectivity index (χ1v) is 11.5. The third-order valence-electron chi connectivity index (χ3n) is 6.02. The highest BCUT2D eigenvalue weighted by Gasteiger charge is 2.16. The van der Waals surface area contributed by atoms with Crippen LogP contribution in [0.3, 0.4) is 0 Å². The molecule has 6 aromatic rings. The van der Waals surface area contributed by atoms with E-state index in [1.54, 1.807) is 12.4 Å². The Morgan fingerprint density at radius 3 is 1.46 bits per heavy atom. The Morgan fingerprint density at radius 2 is 1.03 bits per heavy atom. The van der Waals surface area contributed by atoms with Crippen molar-refractivity contribution in [1.82, 2.24) is 29.1 Å². The van der Waals surface area contributed by atoms with Crippen molar-refractivity contribution in [1.29, 1.82) is 0 Å². The highest BCUT2D eigenvalue weighted by Crippen LogP contribution is 2.23. The molecule has 4 aromatic heterocycles. The van der Waals surface area contributed by atoms with Gasteiger partial charge in [0.1, 0.15) is 35.9 Å². The van der Waals surface area contributed by atoms with Gasteiger partial charge in [-0.15, -0.1) is 0 Å². The summed E-state index contributed by atoms with van der Waals surface area (Å²) in [5.74, 6) is 1.58. The number of aromatic nitrogens is 6. The fraction of sp³-hybridized carbons (Fsp3) is 0.143. The molecule has 7 heteroatoms. The molecule has 0 saturated heterocycles. The summed E-state index contributed by atoms with van der Waals surface area (Å²) in [7, 11) is 0. The first kappa shape index (κ1) is 21.2. The van der Waals surface area contributed by atoms with E-state index in [2.05, 4.69) is 81.5 Å². The highest BCUT2D eigenvalue weighted by atomic mass is 16.5. The standard InChI is InChI=1S/C28H24N6O/c1-19-7-11-21(12-8-19)33-25(31-23-5-3-15-29-27(23)33)17-35-18-26-32-24-6-4-16-30-28(24)34(26)22-13-9-20(2)10-14-22/h3-16H,17-18H2,1-2H3. The number of benzene rings is 2. The number of aryl methyl sites for hydroxylation is 2. The van der Waals surface area contributed by atoms with Crippen LogP contribution >= 0.6 is 0 Å². The lowest BCUT2D eigenvalue weighted by Crippen LogP contribution is -2.07. The number of imidazole rings is 2. The molecule has 0 unspecified atom stereocenters. The molecule has 2 aromatic carbocycles. The van der Waals surface area contributed by atoms with Crippen molar-refractivity contribution >= 4 is 22.3 Å². The Balaban J connectivity index is 1.34. The number of hydrogen-bond donors (Lipinski definition) is 0. The molecule has 0 amide bonds. The fourth-order valence-corrected chi connectivity index (χ4v) is 4.28. The molecule has 0 radical (unpaired) electrons. The van der Waals surface area contributed by atoms with Gasteiger partial charge in [-0.3, -0.25) is 9.13 Å². The van der Waals surface area contributed by atoms with Crippen molar-refractivity contribution in [2.24, 2.45) is 0 Å². The molecule has 0 atom stereocenters. The third-order valence-corrected chi connectivity index (χ3v) is 6.02. The van der Waals surface area contributed by atoms with Crippen LogP contribution in [0.25, 0.3) is 33.7 Å². The van der Waals surface area contributed by atoms with Gasteiger partial charge in [0.2, 0.25) is 0 Å². The fourth-order valence-electron chi connectivity index (χ4n) is 4.28. The van der Waals surface area contributed by atoms with Gasteiger partial charge < -0.3 is 4.74 Å². The summed E-state index contributed by atoms with van der Waals surface area (Å²) < 4.78 is 10.3. The Hall–Kier alpha value is -4.36. The molecule has 0 bridgehead atoms. The van der Waals surface area contributed by atoms with E-state index in [1.165, 1.54) is 11.1 Å². The molecule has 172 valence electrons.